The Morgan fingerprint density at radius 3 is 1.51 bits per heavy atom. The van der Waals surface area contributed by atoms with Gasteiger partial charge in [0.2, 0.25) is 0 Å². The molecular weight excluding hydrogens is 682 g/mol. The zero-order valence-electron chi connectivity index (χ0n) is 26.1. The van der Waals surface area contributed by atoms with Crippen molar-refractivity contribution < 1.29 is 40.7 Å². The maximum Gasteiger partial charge on any atom is 0.351 e. The Morgan fingerprint density at radius 2 is 1.10 bits per heavy atom. The van der Waals surface area contributed by atoms with Crippen LogP contribution >= 0.6 is 0 Å². The van der Waals surface area contributed by atoms with E-state index in [2.05, 4.69) is 20.2 Å². The Kier molecular flexibility index (Phi) is 7.46. The molecule has 0 saturated carbocycles. The van der Waals surface area contributed by atoms with Gasteiger partial charge in [0.05, 0.1) is 37.6 Å². The molecule has 11 nitrogen and oxygen atoms in total. The van der Waals surface area contributed by atoms with E-state index in [-0.39, 0.29) is 34.1 Å². The highest BCUT2D eigenvalue weighted by atomic mass is 19.3. The van der Waals surface area contributed by atoms with Crippen molar-refractivity contribution in [3.63, 3.8) is 0 Å². The highest BCUT2D eigenvalue weighted by Gasteiger charge is 2.47. The molecule has 0 unspecified atom stereocenters. The lowest BCUT2D eigenvalue weighted by Crippen LogP contribution is -2.27. The lowest BCUT2D eigenvalue weighted by molar-refractivity contribution is 0.0215. The number of anilines is 2. The summed E-state index contributed by atoms with van der Waals surface area (Å²) in [5.41, 5.74) is -0.0859. The predicted octanol–water partition coefficient (Wildman–Crippen LogP) is 6.22. The number of hydrogen-bond donors (Lipinski definition) is 0. The fourth-order valence-electron chi connectivity index (χ4n) is 6.66. The first-order valence-corrected chi connectivity index (χ1v) is 15.6. The van der Waals surface area contributed by atoms with Crippen molar-refractivity contribution in [2.24, 2.45) is 0 Å². The third-order valence-electron chi connectivity index (χ3n) is 8.93. The average molecular weight is 707 g/mol. The first-order valence-electron chi connectivity index (χ1n) is 15.6. The first-order chi connectivity index (χ1) is 24.3. The maximum absolute atomic E-state index is 14.7. The minimum absolute atomic E-state index is 0.0539. The average Bonchev–Trinajstić information content (AvgIpc) is 3.86. The van der Waals surface area contributed by atoms with Crippen molar-refractivity contribution in [2.45, 2.75) is 36.8 Å². The van der Waals surface area contributed by atoms with Crippen LogP contribution in [0, 0.1) is 11.6 Å². The highest BCUT2D eigenvalue weighted by molar-refractivity contribution is 6.07. The third kappa shape index (κ3) is 5.97. The first kappa shape index (κ1) is 32.2. The Balaban J connectivity index is 1.07. The van der Waals surface area contributed by atoms with E-state index in [1.807, 2.05) is 0 Å². The largest absolute Gasteiger partial charge is 0.385 e. The molecule has 2 saturated heterocycles. The number of benzene rings is 2. The van der Waals surface area contributed by atoms with E-state index in [1.165, 1.54) is 91.9 Å². The van der Waals surface area contributed by atoms with Gasteiger partial charge in [-0.05, 0) is 47.5 Å². The number of esters is 2. The fourth-order valence-corrected chi connectivity index (χ4v) is 6.66. The van der Waals surface area contributed by atoms with E-state index < -0.39 is 73.4 Å². The molecule has 2 aliphatic rings. The van der Waals surface area contributed by atoms with Crippen LogP contribution in [-0.2, 0) is 4.74 Å². The summed E-state index contributed by atoms with van der Waals surface area (Å²) >= 11 is 0. The summed E-state index contributed by atoms with van der Waals surface area (Å²) < 4.78 is 94.2. The zero-order valence-corrected chi connectivity index (χ0v) is 26.1. The van der Waals surface area contributed by atoms with E-state index >= 15 is 0 Å². The molecule has 0 radical (unpaired) electrons. The number of halogens is 6. The monoisotopic (exact) mass is 706 g/mol. The second kappa shape index (κ2) is 11.8. The molecule has 51 heavy (non-hydrogen) atoms. The van der Waals surface area contributed by atoms with Crippen molar-refractivity contribution in [3.05, 3.63) is 119 Å². The summed E-state index contributed by atoms with van der Waals surface area (Å²) in [4.78, 5) is 38.0. The zero-order chi connectivity index (χ0) is 35.7. The molecule has 0 aliphatic carbocycles. The van der Waals surface area contributed by atoms with Gasteiger partial charge in [-0.15, -0.1) is 0 Å². The van der Waals surface area contributed by atoms with Crippen molar-refractivity contribution in [1.29, 1.82) is 0 Å². The molecular formula is C34H24F6N8O3. The predicted molar refractivity (Wildman–Crippen MR) is 168 cm³/mol. The second-order valence-corrected chi connectivity index (χ2v) is 12.4. The van der Waals surface area contributed by atoms with E-state index in [9.17, 15) is 35.9 Å². The summed E-state index contributed by atoms with van der Waals surface area (Å²) in [7, 11) is 0. The molecule has 2 aromatic carbocycles. The van der Waals surface area contributed by atoms with Crippen LogP contribution < -0.4 is 9.80 Å². The molecule has 6 heterocycles. The molecule has 0 amide bonds. The van der Waals surface area contributed by atoms with Gasteiger partial charge in [-0.2, -0.15) is 10.2 Å². The van der Waals surface area contributed by atoms with Gasteiger partial charge in [0.25, 0.3) is 11.8 Å². The minimum atomic E-state index is -3.11. The number of aromatic nitrogens is 6. The SMILES string of the molecule is O=C(OC(=O)c1cnn2ccc(N3CC(F)(F)C[C@@H]3c3cccc(F)c3)nc12)c1cnn2ccc(N3CC(F)(F)C[C@@H]3c3cccc(F)c3)nc12. The number of carbonyl (C=O) groups is 2. The van der Waals surface area contributed by atoms with Crippen molar-refractivity contribution in [3.8, 4) is 0 Å². The van der Waals surface area contributed by atoms with Crippen molar-refractivity contribution >= 4 is 34.9 Å². The van der Waals surface area contributed by atoms with Gasteiger partial charge < -0.3 is 14.5 Å². The molecule has 8 rings (SSSR count). The van der Waals surface area contributed by atoms with Crippen molar-refractivity contribution in [1.82, 2.24) is 29.2 Å². The van der Waals surface area contributed by atoms with Crippen LogP contribution in [0.4, 0.5) is 38.0 Å². The Bertz CT molecular complexity index is 2180. The number of nitrogens with zero attached hydrogens (tertiary/aromatic N) is 8. The molecule has 0 spiro atoms. The Labute approximate surface area is 283 Å². The van der Waals surface area contributed by atoms with Crippen LogP contribution in [0.1, 0.15) is 56.8 Å². The van der Waals surface area contributed by atoms with Crippen LogP contribution in [0.5, 0.6) is 0 Å². The number of carbonyl (C=O) groups excluding carboxylic acids is 2. The van der Waals surface area contributed by atoms with Crippen LogP contribution in [0.25, 0.3) is 11.3 Å². The number of hydrogen-bond acceptors (Lipinski definition) is 9. The summed E-state index contributed by atoms with van der Waals surface area (Å²) in [5.74, 6) is -9.63. The molecule has 260 valence electrons. The second-order valence-electron chi connectivity index (χ2n) is 12.4. The maximum atomic E-state index is 14.7. The third-order valence-corrected chi connectivity index (χ3v) is 8.93. The molecule has 0 bridgehead atoms. The van der Waals surface area contributed by atoms with Gasteiger partial charge in [-0.3, -0.25) is 0 Å². The van der Waals surface area contributed by atoms with Gasteiger partial charge in [0, 0.05) is 25.2 Å². The van der Waals surface area contributed by atoms with Crippen LogP contribution in [0.15, 0.2) is 85.5 Å². The number of ether oxygens (including phenoxy) is 1. The molecule has 2 aliphatic heterocycles. The summed E-state index contributed by atoms with van der Waals surface area (Å²) in [5, 5.41) is 8.11. The van der Waals surface area contributed by atoms with Gasteiger partial charge in [0.15, 0.2) is 11.3 Å². The smallest absolute Gasteiger partial charge is 0.351 e. The minimum Gasteiger partial charge on any atom is -0.385 e. The lowest BCUT2D eigenvalue weighted by Gasteiger charge is -2.25. The molecule has 6 aromatic rings. The standard InChI is InChI=1S/C34H24F6N8O3/c35-21-5-1-3-19(11-21)25-13-33(37,38)17-45(25)27-7-9-47-29(43-27)23(15-41-47)31(49)51-32(50)24-16-42-48-10-8-28(44-30(24)48)46-18-34(39,40)14-26(46)20-4-2-6-22(36)12-20/h1-12,15-16,25-26H,13-14,17-18H2/t25-,26-/m1/s1. The van der Waals surface area contributed by atoms with Gasteiger partial charge in [0.1, 0.15) is 34.4 Å². The highest BCUT2D eigenvalue weighted by Crippen LogP contribution is 2.44. The summed E-state index contributed by atoms with van der Waals surface area (Å²) in [6.07, 6.45) is 3.80. The molecule has 17 heteroatoms. The number of alkyl halides is 4. The van der Waals surface area contributed by atoms with Gasteiger partial charge in [-0.1, -0.05) is 24.3 Å². The van der Waals surface area contributed by atoms with E-state index in [0.29, 0.717) is 11.1 Å². The van der Waals surface area contributed by atoms with Gasteiger partial charge >= 0.3 is 11.9 Å². The fraction of sp³-hybridized carbons (Fsp3) is 0.235. The van der Waals surface area contributed by atoms with Gasteiger partial charge in [-0.25, -0.2) is 54.9 Å². The Morgan fingerprint density at radius 1 is 0.667 bits per heavy atom. The van der Waals surface area contributed by atoms with Crippen molar-refractivity contribution in [2.75, 3.05) is 22.9 Å². The van der Waals surface area contributed by atoms with Crippen LogP contribution in [0.2, 0.25) is 0 Å². The van der Waals surface area contributed by atoms with Crippen LogP contribution in [0.3, 0.4) is 0 Å². The van der Waals surface area contributed by atoms with E-state index in [1.54, 1.807) is 0 Å². The molecule has 2 fully saturated rings. The molecule has 0 N–H and O–H groups in total. The normalized spacial score (nSPS) is 19.6. The topological polar surface area (TPSA) is 110 Å². The quantitative estimate of drug-likeness (QED) is 0.113. The van der Waals surface area contributed by atoms with Crippen LogP contribution in [-0.4, -0.2) is 66.1 Å². The van der Waals surface area contributed by atoms with E-state index in [4.69, 9.17) is 4.74 Å². The number of fused-ring (bicyclic) bond motifs is 2. The Hall–Kier alpha value is -6.00. The molecule has 4 aromatic heterocycles. The van der Waals surface area contributed by atoms with E-state index in [0.717, 1.165) is 12.4 Å². The molecule has 2 atom stereocenters. The summed E-state index contributed by atoms with van der Waals surface area (Å²) in [6, 6.07) is 11.7. The summed E-state index contributed by atoms with van der Waals surface area (Å²) in [6.45, 7) is -1.43. The number of rotatable bonds is 6. The lowest BCUT2D eigenvalue weighted by atomic mass is 10.0.